The van der Waals surface area contributed by atoms with Crippen molar-refractivity contribution in [1.82, 2.24) is 0 Å². The van der Waals surface area contributed by atoms with Crippen LogP contribution in [0.5, 0.6) is 0 Å². The summed E-state index contributed by atoms with van der Waals surface area (Å²) in [4.78, 5) is 5.00. The van der Waals surface area contributed by atoms with Crippen LogP contribution in [-0.2, 0) is 0 Å². The van der Waals surface area contributed by atoms with Gasteiger partial charge in [0.05, 0.1) is 15.6 Å². The summed E-state index contributed by atoms with van der Waals surface area (Å²) in [5.74, 6) is 0. The molecule has 0 atom stereocenters. The Bertz CT molecular complexity index is 373. The summed E-state index contributed by atoms with van der Waals surface area (Å²) < 4.78 is 0. The average Bonchev–Trinajstić information content (AvgIpc) is 2.47. The SMILES string of the molecule is C=Nc1cc(C#N)sc1C(=C)Cl. The summed E-state index contributed by atoms with van der Waals surface area (Å²) in [6.07, 6.45) is 0. The third-order valence-corrected chi connectivity index (χ3v) is 2.63. The zero-order valence-corrected chi connectivity index (χ0v) is 7.74. The van der Waals surface area contributed by atoms with Gasteiger partial charge in [-0.15, -0.1) is 11.3 Å². The van der Waals surface area contributed by atoms with E-state index in [4.69, 9.17) is 16.9 Å². The van der Waals surface area contributed by atoms with E-state index in [0.717, 1.165) is 0 Å². The molecule has 0 spiro atoms. The summed E-state index contributed by atoms with van der Waals surface area (Å²) in [6.45, 7) is 6.93. The maximum atomic E-state index is 8.58. The molecule has 1 aromatic heterocycles. The van der Waals surface area contributed by atoms with Crippen LogP contribution in [0.4, 0.5) is 5.69 Å². The van der Waals surface area contributed by atoms with Crippen molar-refractivity contribution in [3.63, 3.8) is 0 Å². The lowest BCUT2D eigenvalue weighted by atomic mass is 10.3. The van der Waals surface area contributed by atoms with E-state index in [9.17, 15) is 0 Å². The molecule has 1 heterocycles. The minimum atomic E-state index is 0.393. The summed E-state index contributed by atoms with van der Waals surface area (Å²) >= 11 is 6.94. The number of nitrogens with zero attached hydrogens (tertiary/aromatic N) is 2. The highest BCUT2D eigenvalue weighted by Gasteiger charge is 2.08. The van der Waals surface area contributed by atoms with Crippen LogP contribution in [0.15, 0.2) is 17.6 Å². The van der Waals surface area contributed by atoms with E-state index in [-0.39, 0.29) is 0 Å². The first-order chi connectivity index (χ1) is 5.69. The van der Waals surface area contributed by atoms with Gasteiger partial charge < -0.3 is 0 Å². The monoisotopic (exact) mass is 196 g/mol. The van der Waals surface area contributed by atoms with Crippen molar-refractivity contribution in [3.05, 3.63) is 22.4 Å². The normalized spacial score (nSPS) is 9.00. The van der Waals surface area contributed by atoms with Crippen molar-refractivity contribution in [2.24, 2.45) is 4.99 Å². The van der Waals surface area contributed by atoms with Crippen LogP contribution in [0.1, 0.15) is 9.75 Å². The number of hydrogen-bond donors (Lipinski definition) is 0. The largest absolute Gasteiger partial charge is 0.263 e. The Labute approximate surface area is 79.4 Å². The van der Waals surface area contributed by atoms with Gasteiger partial charge in [0.1, 0.15) is 10.9 Å². The predicted molar refractivity (Wildman–Crippen MR) is 53.1 cm³/mol. The van der Waals surface area contributed by atoms with Crippen molar-refractivity contribution in [2.45, 2.75) is 0 Å². The standard InChI is InChI=1S/C8H5ClN2S/c1-5(9)8-7(11-2)3-6(4-10)12-8/h3H,1-2H2. The molecule has 4 heteroatoms. The van der Waals surface area contributed by atoms with Gasteiger partial charge in [0, 0.05) is 0 Å². The van der Waals surface area contributed by atoms with Crippen LogP contribution in [0.25, 0.3) is 5.03 Å². The number of nitriles is 1. The van der Waals surface area contributed by atoms with Gasteiger partial charge in [0.15, 0.2) is 0 Å². The second kappa shape index (κ2) is 3.53. The van der Waals surface area contributed by atoms with Crippen molar-refractivity contribution in [1.29, 1.82) is 5.26 Å². The van der Waals surface area contributed by atoms with Gasteiger partial charge in [0.2, 0.25) is 0 Å². The Morgan fingerprint density at radius 2 is 2.42 bits per heavy atom. The van der Waals surface area contributed by atoms with Crippen LogP contribution >= 0.6 is 22.9 Å². The van der Waals surface area contributed by atoms with Crippen LogP contribution in [0.3, 0.4) is 0 Å². The number of aliphatic imine (C=N–C) groups is 1. The molecule has 0 aliphatic carbocycles. The quantitative estimate of drug-likeness (QED) is 0.670. The molecule has 1 aromatic rings. The molecule has 0 radical (unpaired) electrons. The van der Waals surface area contributed by atoms with Gasteiger partial charge in [-0.05, 0) is 12.8 Å². The lowest BCUT2D eigenvalue weighted by Gasteiger charge is -1.91. The van der Waals surface area contributed by atoms with Crippen LogP contribution < -0.4 is 0 Å². The molecule has 0 aromatic carbocycles. The van der Waals surface area contributed by atoms with Gasteiger partial charge in [-0.1, -0.05) is 18.2 Å². The Balaban J connectivity index is 3.28. The molecule has 0 bridgehead atoms. The second-order valence-corrected chi connectivity index (χ2v) is 3.51. The first-order valence-electron chi connectivity index (χ1n) is 3.04. The fourth-order valence-corrected chi connectivity index (χ4v) is 1.74. The molecular weight excluding hydrogens is 192 g/mol. The summed E-state index contributed by atoms with van der Waals surface area (Å²) in [5, 5.41) is 8.97. The molecule has 0 aliphatic heterocycles. The molecule has 12 heavy (non-hydrogen) atoms. The Morgan fingerprint density at radius 3 is 2.75 bits per heavy atom. The van der Waals surface area contributed by atoms with E-state index in [1.54, 1.807) is 6.07 Å². The van der Waals surface area contributed by atoms with Gasteiger partial charge in [-0.3, -0.25) is 4.99 Å². The van der Waals surface area contributed by atoms with E-state index in [2.05, 4.69) is 18.3 Å². The van der Waals surface area contributed by atoms with Crippen molar-refractivity contribution >= 4 is 40.4 Å². The fourth-order valence-electron chi connectivity index (χ4n) is 0.748. The average molecular weight is 197 g/mol. The first kappa shape index (κ1) is 8.98. The molecule has 0 fully saturated rings. The molecule has 0 amide bonds. The van der Waals surface area contributed by atoms with Crippen molar-refractivity contribution in [2.75, 3.05) is 0 Å². The highest BCUT2D eigenvalue weighted by Crippen LogP contribution is 2.35. The Kier molecular flexibility index (Phi) is 2.64. The van der Waals surface area contributed by atoms with E-state index in [1.165, 1.54) is 11.3 Å². The number of hydrogen-bond acceptors (Lipinski definition) is 3. The van der Waals surface area contributed by atoms with Crippen LogP contribution in [0.2, 0.25) is 0 Å². The third kappa shape index (κ3) is 1.55. The van der Waals surface area contributed by atoms with Gasteiger partial charge >= 0.3 is 0 Å². The third-order valence-electron chi connectivity index (χ3n) is 1.24. The minimum Gasteiger partial charge on any atom is -0.263 e. The molecule has 0 unspecified atom stereocenters. The van der Waals surface area contributed by atoms with E-state index in [0.29, 0.717) is 20.5 Å². The summed E-state index contributed by atoms with van der Waals surface area (Å²) in [5.41, 5.74) is 0.622. The second-order valence-electron chi connectivity index (χ2n) is 2.00. The minimum absolute atomic E-state index is 0.393. The Hall–Kier alpha value is -1.11. The molecule has 2 nitrogen and oxygen atoms in total. The van der Waals surface area contributed by atoms with Gasteiger partial charge in [0.25, 0.3) is 0 Å². The zero-order chi connectivity index (χ0) is 9.14. The van der Waals surface area contributed by atoms with E-state index < -0.39 is 0 Å². The summed E-state index contributed by atoms with van der Waals surface area (Å²) in [6, 6.07) is 3.65. The van der Waals surface area contributed by atoms with Crippen molar-refractivity contribution < 1.29 is 0 Å². The smallest absolute Gasteiger partial charge is 0.110 e. The number of thiophene rings is 1. The maximum Gasteiger partial charge on any atom is 0.110 e. The van der Waals surface area contributed by atoms with Gasteiger partial charge in [-0.25, -0.2) is 0 Å². The molecule has 60 valence electrons. The molecular formula is C8H5ClN2S. The maximum absolute atomic E-state index is 8.58. The first-order valence-corrected chi connectivity index (χ1v) is 4.24. The summed E-state index contributed by atoms with van der Waals surface area (Å²) in [7, 11) is 0. The molecule has 0 aliphatic rings. The highest BCUT2D eigenvalue weighted by molar-refractivity contribution is 7.15. The zero-order valence-electron chi connectivity index (χ0n) is 6.17. The number of rotatable bonds is 2. The van der Waals surface area contributed by atoms with E-state index >= 15 is 0 Å². The van der Waals surface area contributed by atoms with Crippen LogP contribution in [0, 0.1) is 11.3 Å². The molecule has 0 saturated heterocycles. The highest BCUT2D eigenvalue weighted by atomic mass is 35.5. The predicted octanol–water partition coefficient (Wildman–Crippen LogP) is 3.16. The van der Waals surface area contributed by atoms with Crippen LogP contribution in [-0.4, -0.2) is 6.72 Å². The Morgan fingerprint density at radius 1 is 1.75 bits per heavy atom. The van der Waals surface area contributed by atoms with Crippen molar-refractivity contribution in [3.8, 4) is 6.07 Å². The number of halogens is 1. The van der Waals surface area contributed by atoms with Gasteiger partial charge in [-0.2, -0.15) is 5.26 Å². The molecule has 0 saturated carbocycles. The lowest BCUT2D eigenvalue weighted by molar-refractivity contribution is 1.52. The molecule has 1 rings (SSSR count). The topological polar surface area (TPSA) is 36.1 Å². The fraction of sp³-hybridized carbons (Fsp3) is 0. The molecule has 0 N–H and O–H groups in total. The lowest BCUT2D eigenvalue weighted by Crippen LogP contribution is -1.64. The van der Waals surface area contributed by atoms with E-state index in [1.807, 2.05) is 6.07 Å².